The molecule has 19 heavy (non-hydrogen) atoms. The summed E-state index contributed by atoms with van der Waals surface area (Å²) in [6.45, 7) is 3.93. The Labute approximate surface area is 111 Å². The average molecular weight is 289 g/mol. The van der Waals surface area contributed by atoms with Gasteiger partial charge in [-0.05, 0) is 32.9 Å². The van der Waals surface area contributed by atoms with Crippen LogP contribution in [-0.4, -0.2) is 19.9 Å². The molecule has 6 nitrogen and oxygen atoms in total. The molecule has 0 fully saturated rings. The highest BCUT2D eigenvalue weighted by Crippen LogP contribution is 2.23. The van der Waals surface area contributed by atoms with Crippen molar-refractivity contribution in [3.8, 4) is 0 Å². The lowest BCUT2D eigenvalue weighted by molar-refractivity contribution is -0.122. The standard InChI is InChI=1S/C11H16FN3O3S/c1-6-8(12)4-7(13)5-9(6)19(17,18)15-11(2,3)10(14)16/h4-5,15H,13H2,1-3H3,(H2,14,16). The van der Waals surface area contributed by atoms with Crippen molar-refractivity contribution >= 4 is 21.6 Å². The van der Waals surface area contributed by atoms with Crippen LogP contribution >= 0.6 is 0 Å². The number of carbonyl (C=O) groups is 1. The predicted octanol–water partition coefficient (Wildman–Crippen LogP) is 0.259. The topological polar surface area (TPSA) is 115 Å². The van der Waals surface area contributed by atoms with E-state index in [1.165, 1.54) is 20.8 Å². The van der Waals surface area contributed by atoms with Crippen molar-refractivity contribution in [1.82, 2.24) is 4.72 Å². The van der Waals surface area contributed by atoms with Gasteiger partial charge in [-0.2, -0.15) is 4.72 Å². The first-order valence-corrected chi connectivity index (χ1v) is 6.85. The highest BCUT2D eigenvalue weighted by molar-refractivity contribution is 7.89. The molecular weight excluding hydrogens is 273 g/mol. The minimum atomic E-state index is -4.11. The fourth-order valence-corrected chi connectivity index (χ4v) is 3.07. The molecule has 0 aliphatic carbocycles. The predicted molar refractivity (Wildman–Crippen MR) is 69.1 cm³/mol. The zero-order valence-corrected chi connectivity index (χ0v) is 11.6. The Morgan fingerprint density at radius 1 is 1.37 bits per heavy atom. The average Bonchev–Trinajstić information content (AvgIpc) is 2.21. The van der Waals surface area contributed by atoms with E-state index in [1.54, 1.807) is 0 Å². The van der Waals surface area contributed by atoms with Gasteiger partial charge in [-0.15, -0.1) is 0 Å². The SMILES string of the molecule is Cc1c(F)cc(N)cc1S(=O)(=O)NC(C)(C)C(N)=O. The maximum atomic E-state index is 13.5. The van der Waals surface area contributed by atoms with Gasteiger partial charge >= 0.3 is 0 Å². The Kier molecular flexibility index (Phi) is 3.87. The zero-order chi connectivity index (χ0) is 15.0. The first-order chi connectivity index (χ1) is 8.47. The van der Waals surface area contributed by atoms with Crippen LogP contribution in [0.5, 0.6) is 0 Å². The third-order valence-electron chi connectivity index (χ3n) is 2.61. The van der Waals surface area contributed by atoms with Crippen molar-refractivity contribution in [2.45, 2.75) is 31.2 Å². The Morgan fingerprint density at radius 3 is 2.37 bits per heavy atom. The minimum absolute atomic E-state index is 0.0274. The van der Waals surface area contributed by atoms with Gasteiger partial charge in [-0.3, -0.25) is 4.79 Å². The number of sulfonamides is 1. The maximum absolute atomic E-state index is 13.5. The molecule has 0 aliphatic rings. The number of hydrogen-bond donors (Lipinski definition) is 3. The second kappa shape index (κ2) is 4.78. The number of carbonyl (C=O) groups excluding carboxylic acids is 1. The molecule has 0 saturated carbocycles. The van der Waals surface area contributed by atoms with Gasteiger partial charge in [0, 0.05) is 11.3 Å². The molecule has 0 heterocycles. The molecule has 1 aromatic carbocycles. The van der Waals surface area contributed by atoms with E-state index in [4.69, 9.17) is 11.5 Å². The van der Waals surface area contributed by atoms with Gasteiger partial charge in [0.2, 0.25) is 15.9 Å². The molecule has 8 heteroatoms. The number of anilines is 1. The van der Waals surface area contributed by atoms with Crippen molar-refractivity contribution < 1.29 is 17.6 Å². The quantitative estimate of drug-likeness (QED) is 0.689. The smallest absolute Gasteiger partial charge is 0.241 e. The van der Waals surface area contributed by atoms with E-state index in [-0.39, 0.29) is 16.1 Å². The molecule has 0 spiro atoms. The Hall–Kier alpha value is -1.67. The van der Waals surface area contributed by atoms with Crippen molar-refractivity contribution in [2.24, 2.45) is 5.73 Å². The molecule has 0 bridgehead atoms. The molecule has 1 aromatic rings. The highest BCUT2D eigenvalue weighted by atomic mass is 32.2. The number of nitrogens with one attached hydrogen (secondary N) is 1. The summed E-state index contributed by atoms with van der Waals surface area (Å²) in [6, 6.07) is 2.14. The largest absolute Gasteiger partial charge is 0.399 e. The zero-order valence-electron chi connectivity index (χ0n) is 10.8. The molecule has 5 N–H and O–H groups in total. The molecule has 0 aliphatic heterocycles. The van der Waals surface area contributed by atoms with E-state index in [0.29, 0.717) is 0 Å². The molecular formula is C11H16FN3O3S. The van der Waals surface area contributed by atoms with Crippen LogP contribution in [0.2, 0.25) is 0 Å². The summed E-state index contributed by atoms with van der Waals surface area (Å²) in [5.74, 6) is -1.59. The van der Waals surface area contributed by atoms with Crippen molar-refractivity contribution in [2.75, 3.05) is 5.73 Å². The second-order valence-electron chi connectivity index (χ2n) is 4.72. The lowest BCUT2D eigenvalue weighted by Gasteiger charge is -2.22. The van der Waals surface area contributed by atoms with Crippen LogP contribution in [0.3, 0.4) is 0 Å². The number of halogens is 1. The Bertz CT molecular complexity index is 626. The van der Waals surface area contributed by atoms with Gasteiger partial charge in [-0.1, -0.05) is 0 Å². The summed E-state index contributed by atoms with van der Waals surface area (Å²) < 4.78 is 39.9. The van der Waals surface area contributed by atoms with Crippen LogP contribution in [-0.2, 0) is 14.8 Å². The third-order valence-corrected chi connectivity index (χ3v) is 4.40. The van der Waals surface area contributed by atoms with Crippen molar-refractivity contribution in [1.29, 1.82) is 0 Å². The molecule has 0 unspecified atom stereocenters. The summed E-state index contributed by atoms with van der Waals surface area (Å²) >= 11 is 0. The summed E-state index contributed by atoms with van der Waals surface area (Å²) in [7, 11) is -4.11. The molecule has 106 valence electrons. The number of benzene rings is 1. The number of nitrogens with two attached hydrogens (primary N) is 2. The van der Waals surface area contributed by atoms with Crippen molar-refractivity contribution in [3.63, 3.8) is 0 Å². The molecule has 0 radical (unpaired) electrons. The summed E-state index contributed by atoms with van der Waals surface area (Å²) in [4.78, 5) is 10.8. The van der Waals surface area contributed by atoms with Gasteiger partial charge in [0.05, 0.1) is 4.90 Å². The van der Waals surface area contributed by atoms with Crippen LogP contribution in [0.1, 0.15) is 19.4 Å². The number of rotatable bonds is 4. The van der Waals surface area contributed by atoms with Gasteiger partial charge in [0.15, 0.2) is 0 Å². The van der Waals surface area contributed by atoms with E-state index in [1.807, 2.05) is 0 Å². The van der Waals surface area contributed by atoms with Crippen molar-refractivity contribution in [3.05, 3.63) is 23.5 Å². The van der Waals surface area contributed by atoms with E-state index in [2.05, 4.69) is 4.72 Å². The lowest BCUT2D eigenvalue weighted by Crippen LogP contribution is -2.52. The van der Waals surface area contributed by atoms with Crippen LogP contribution in [0.15, 0.2) is 17.0 Å². The fraction of sp³-hybridized carbons (Fsp3) is 0.364. The number of nitrogen functional groups attached to an aromatic ring is 1. The lowest BCUT2D eigenvalue weighted by atomic mass is 10.1. The van der Waals surface area contributed by atoms with Gasteiger partial charge in [0.25, 0.3) is 0 Å². The van der Waals surface area contributed by atoms with Crippen LogP contribution in [0.4, 0.5) is 10.1 Å². The summed E-state index contributed by atoms with van der Waals surface area (Å²) in [5.41, 5.74) is 8.91. The molecule has 0 saturated heterocycles. The number of hydrogen-bond acceptors (Lipinski definition) is 4. The van der Waals surface area contributed by atoms with Crippen LogP contribution in [0.25, 0.3) is 0 Å². The Balaban J connectivity index is 3.33. The first-order valence-electron chi connectivity index (χ1n) is 5.37. The maximum Gasteiger partial charge on any atom is 0.241 e. The van der Waals surface area contributed by atoms with Crippen LogP contribution < -0.4 is 16.2 Å². The summed E-state index contributed by atoms with van der Waals surface area (Å²) in [6.07, 6.45) is 0. The van der Waals surface area contributed by atoms with E-state index < -0.39 is 27.3 Å². The van der Waals surface area contributed by atoms with Gasteiger partial charge < -0.3 is 11.5 Å². The molecule has 1 amide bonds. The number of primary amides is 1. The van der Waals surface area contributed by atoms with Gasteiger partial charge in [-0.25, -0.2) is 12.8 Å². The monoisotopic (exact) mass is 289 g/mol. The first kappa shape index (κ1) is 15.4. The second-order valence-corrected chi connectivity index (χ2v) is 6.37. The van der Waals surface area contributed by atoms with Gasteiger partial charge in [0.1, 0.15) is 11.4 Å². The third kappa shape index (κ3) is 3.21. The number of amides is 1. The van der Waals surface area contributed by atoms with E-state index in [0.717, 1.165) is 12.1 Å². The molecule has 0 aromatic heterocycles. The van der Waals surface area contributed by atoms with E-state index in [9.17, 15) is 17.6 Å². The highest BCUT2D eigenvalue weighted by Gasteiger charge is 2.32. The minimum Gasteiger partial charge on any atom is -0.399 e. The normalized spacial score (nSPS) is 12.4. The molecule has 1 rings (SSSR count). The summed E-state index contributed by atoms with van der Waals surface area (Å²) in [5, 5.41) is 0. The van der Waals surface area contributed by atoms with E-state index >= 15 is 0 Å². The fourth-order valence-electron chi connectivity index (χ4n) is 1.39. The Morgan fingerprint density at radius 2 is 1.89 bits per heavy atom. The van der Waals surface area contributed by atoms with Crippen LogP contribution in [0, 0.1) is 12.7 Å². The molecule has 0 atom stereocenters.